The molecule has 0 spiro atoms. The number of rotatable bonds is 2. The van der Waals surface area contributed by atoms with Gasteiger partial charge in [0.25, 0.3) is 0 Å². The molecule has 0 bridgehead atoms. The highest BCUT2D eigenvalue weighted by Gasteiger charge is 2.41. The SMILES string of the molecule is CC(C)=C[C@H]1C[C@H]1C(=O)O. The molecule has 56 valence electrons. The maximum atomic E-state index is 10.3. The van der Waals surface area contributed by atoms with E-state index in [2.05, 4.69) is 0 Å². The topological polar surface area (TPSA) is 37.3 Å². The van der Waals surface area contributed by atoms with Gasteiger partial charge in [-0.1, -0.05) is 11.6 Å². The molecule has 1 N–H and O–H groups in total. The summed E-state index contributed by atoms with van der Waals surface area (Å²) in [6, 6.07) is 0. The van der Waals surface area contributed by atoms with Gasteiger partial charge in [-0.05, 0) is 26.2 Å². The lowest BCUT2D eigenvalue weighted by Crippen LogP contribution is -1.98. The summed E-state index contributed by atoms with van der Waals surface area (Å²) in [6.07, 6.45) is 2.87. The van der Waals surface area contributed by atoms with Crippen LogP contribution in [0.3, 0.4) is 0 Å². The van der Waals surface area contributed by atoms with E-state index < -0.39 is 5.97 Å². The minimum absolute atomic E-state index is 0.0881. The summed E-state index contributed by atoms with van der Waals surface area (Å²) in [4.78, 5) is 10.3. The second-order valence-corrected chi connectivity index (χ2v) is 3.09. The number of carboxylic acid groups (broad SMARTS) is 1. The minimum Gasteiger partial charge on any atom is -0.481 e. The first-order chi connectivity index (χ1) is 4.61. The molecule has 0 heterocycles. The van der Waals surface area contributed by atoms with Gasteiger partial charge in [0.15, 0.2) is 0 Å². The van der Waals surface area contributed by atoms with E-state index in [4.69, 9.17) is 5.11 Å². The molecule has 1 rings (SSSR count). The van der Waals surface area contributed by atoms with Crippen molar-refractivity contribution in [3.63, 3.8) is 0 Å². The fourth-order valence-corrected chi connectivity index (χ4v) is 1.11. The Hall–Kier alpha value is -0.790. The third-order valence-electron chi connectivity index (χ3n) is 1.70. The fourth-order valence-electron chi connectivity index (χ4n) is 1.11. The van der Waals surface area contributed by atoms with Gasteiger partial charge in [0.05, 0.1) is 5.92 Å². The van der Waals surface area contributed by atoms with Crippen LogP contribution in [0, 0.1) is 11.8 Å². The second-order valence-electron chi connectivity index (χ2n) is 3.09. The molecule has 1 aliphatic carbocycles. The molecule has 0 aromatic carbocycles. The zero-order valence-electron chi connectivity index (χ0n) is 6.29. The Balaban J connectivity index is 2.40. The van der Waals surface area contributed by atoms with Gasteiger partial charge in [-0.3, -0.25) is 4.79 Å². The average molecular weight is 140 g/mol. The molecule has 1 saturated carbocycles. The lowest BCUT2D eigenvalue weighted by atomic mass is 10.2. The normalized spacial score (nSPS) is 29.4. The number of hydrogen-bond donors (Lipinski definition) is 1. The van der Waals surface area contributed by atoms with Gasteiger partial charge in [0.1, 0.15) is 0 Å². The van der Waals surface area contributed by atoms with Gasteiger partial charge in [-0.25, -0.2) is 0 Å². The standard InChI is InChI=1S/C8H12O2/c1-5(2)3-6-4-7(6)8(9)10/h3,6-7H,4H2,1-2H3,(H,9,10)/t6-,7+/m0/s1. The number of carbonyl (C=O) groups is 1. The first kappa shape index (κ1) is 7.32. The lowest BCUT2D eigenvalue weighted by Gasteiger charge is -1.87. The highest BCUT2D eigenvalue weighted by molar-refractivity contribution is 5.74. The molecule has 0 radical (unpaired) electrons. The molecule has 2 atom stereocenters. The average Bonchev–Trinajstić information content (AvgIpc) is 2.43. The van der Waals surface area contributed by atoms with Gasteiger partial charge < -0.3 is 5.11 Å². The zero-order valence-corrected chi connectivity index (χ0v) is 6.29. The maximum Gasteiger partial charge on any atom is 0.307 e. The third kappa shape index (κ3) is 1.59. The third-order valence-corrected chi connectivity index (χ3v) is 1.70. The number of aliphatic carboxylic acids is 1. The lowest BCUT2D eigenvalue weighted by molar-refractivity contribution is -0.138. The fraction of sp³-hybridized carbons (Fsp3) is 0.625. The van der Waals surface area contributed by atoms with Crippen molar-refractivity contribution in [2.24, 2.45) is 11.8 Å². The predicted octanol–water partition coefficient (Wildman–Crippen LogP) is 1.67. The molecule has 0 aromatic heterocycles. The van der Waals surface area contributed by atoms with Gasteiger partial charge in [-0.2, -0.15) is 0 Å². The number of allylic oxidation sites excluding steroid dienone is 2. The van der Waals surface area contributed by atoms with E-state index in [0.29, 0.717) is 5.92 Å². The molecule has 1 aliphatic rings. The van der Waals surface area contributed by atoms with Crippen molar-refractivity contribution in [1.29, 1.82) is 0 Å². The highest BCUT2D eigenvalue weighted by atomic mass is 16.4. The summed E-state index contributed by atoms with van der Waals surface area (Å²) < 4.78 is 0. The van der Waals surface area contributed by atoms with Gasteiger partial charge in [0.2, 0.25) is 0 Å². The summed E-state index contributed by atoms with van der Waals surface area (Å²) in [5, 5.41) is 8.51. The van der Waals surface area contributed by atoms with E-state index in [-0.39, 0.29) is 5.92 Å². The molecule has 2 heteroatoms. The summed E-state index contributed by atoms with van der Waals surface area (Å²) in [6.45, 7) is 3.99. The molecule has 1 fully saturated rings. The van der Waals surface area contributed by atoms with Gasteiger partial charge >= 0.3 is 5.97 Å². The molecule has 0 saturated heterocycles. The largest absolute Gasteiger partial charge is 0.481 e. The van der Waals surface area contributed by atoms with Crippen molar-refractivity contribution in [2.45, 2.75) is 20.3 Å². The molecule has 10 heavy (non-hydrogen) atoms. The van der Waals surface area contributed by atoms with Crippen LogP contribution in [0.25, 0.3) is 0 Å². The Labute approximate surface area is 60.6 Å². The molecular formula is C8H12O2. The second kappa shape index (κ2) is 2.45. The van der Waals surface area contributed by atoms with E-state index in [9.17, 15) is 4.79 Å². The zero-order chi connectivity index (χ0) is 7.72. The van der Waals surface area contributed by atoms with Crippen LogP contribution in [0.4, 0.5) is 0 Å². The Morgan fingerprint density at radius 1 is 1.60 bits per heavy atom. The van der Waals surface area contributed by atoms with Crippen LogP contribution in [-0.2, 0) is 4.79 Å². The number of hydrogen-bond acceptors (Lipinski definition) is 1. The molecule has 0 unspecified atom stereocenters. The summed E-state index contributed by atoms with van der Waals surface area (Å²) in [5.74, 6) is -0.417. The Bertz CT molecular complexity index is 178. The summed E-state index contributed by atoms with van der Waals surface area (Å²) in [5.41, 5.74) is 1.22. The first-order valence-corrected chi connectivity index (χ1v) is 3.49. The maximum absolute atomic E-state index is 10.3. The van der Waals surface area contributed by atoms with Crippen molar-refractivity contribution >= 4 is 5.97 Å². The van der Waals surface area contributed by atoms with E-state index >= 15 is 0 Å². The van der Waals surface area contributed by atoms with Crippen molar-refractivity contribution in [2.75, 3.05) is 0 Å². The van der Waals surface area contributed by atoms with Crippen LogP contribution >= 0.6 is 0 Å². The van der Waals surface area contributed by atoms with Gasteiger partial charge in [-0.15, -0.1) is 0 Å². The Kier molecular flexibility index (Phi) is 1.79. The number of carboxylic acids is 1. The minimum atomic E-state index is -0.650. The van der Waals surface area contributed by atoms with E-state index in [0.717, 1.165) is 6.42 Å². The van der Waals surface area contributed by atoms with E-state index in [1.165, 1.54) is 5.57 Å². The van der Waals surface area contributed by atoms with Crippen molar-refractivity contribution in [1.82, 2.24) is 0 Å². The van der Waals surface area contributed by atoms with Crippen LogP contribution in [0.5, 0.6) is 0 Å². The summed E-state index contributed by atoms with van der Waals surface area (Å²) in [7, 11) is 0. The van der Waals surface area contributed by atoms with Crippen LogP contribution in [-0.4, -0.2) is 11.1 Å². The molecular weight excluding hydrogens is 128 g/mol. The van der Waals surface area contributed by atoms with Crippen molar-refractivity contribution < 1.29 is 9.90 Å². The van der Waals surface area contributed by atoms with Crippen LogP contribution in [0.2, 0.25) is 0 Å². The highest BCUT2D eigenvalue weighted by Crippen LogP contribution is 2.40. The van der Waals surface area contributed by atoms with Crippen molar-refractivity contribution in [3.05, 3.63) is 11.6 Å². The van der Waals surface area contributed by atoms with E-state index in [1.807, 2.05) is 19.9 Å². The first-order valence-electron chi connectivity index (χ1n) is 3.49. The van der Waals surface area contributed by atoms with Gasteiger partial charge in [0, 0.05) is 0 Å². The molecule has 0 aliphatic heterocycles. The predicted molar refractivity (Wildman–Crippen MR) is 38.7 cm³/mol. The molecule has 0 amide bonds. The van der Waals surface area contributed by atoms with Crippen LogP contribution in [0.15, 0.2) is 11.6 Å². The Morgan fingerprint density at radius 2 is 2.20 bits per heavy atom. The smallest absolute Gasteiger partial charge is 0.307 e. The van der Waals surface area contributed by atoms with Crippen molar-refractivity contribution in [3.8, 4) is 0 Å². The molecule has 0 aromatic rings. The molecule has 2 nitrogen and oxygen atoms in total. The monoisotopic (exact) mass is 140 g/mol. The quantitative estimate of drug-likeness (QED) is 0.592. The Morgan fingerprint density at radius 3 is 2.50 bits per heavy atom. The summed E-state index contributed by atoms with van der Waals surface area (Å²) >= 11 is 0. The van der Waals surface area contributed by atoms with E-state index in [1.54, 1.807) is 0 Å². The van der Waals surface area contributed by atoms with Crippen LogP contribution < -0.4 is 0 Å². The van der Waals surface area contributed by atoms with Crippen LogP contribution in [0.1, 0.15) is 20.3 Å².